The number of carboxylic acids is 1. The van der Waals surface area contributed by atoms with E-state index < -0.39 is 17.4 Å². The highest BCUT2D eigenvalue weighted by molar-refractivity contribution is 5.90. The van der Waals surface area contributed by atoms with Crippen LogP contribution in [0.3, 0.4) is 0 Å². The average Bonchev–Trinajstić information content (AvgIpc) is 2.59. The highest BCUT2D eigenvalue weighted by Gasteiger charge is 2.38. The zero-order valence-electron chi connectivity index (χ0n) is 12.8. The Labute approximate surface area is 134 Å². The number of pyridine rings is 1. The number of aliphatic carboxylic acids is 1. The lowest BCUT2D eigenvalue weighted by atomic mass is 9.81. The molecule has 2 rings (SSSR count). The lowest BCUT2D eigenvalue weighted by Crippen LogP contribution is -2.52. The van der Waals surface area contributed by atoms with Gasteiger partial charge in [0.2, 0.25) is 0 Å². The minimum absolute atomic E-state index is 0.431. The van der Waals surface area contributed by atoms with Crippen molar-refractivity contribution in [3.8, 4) is 0 Å². The lowest BCUT2D eigenvalue weighted by molar-refractivity contribution is -0.146. The van der Waals surface area contributed by atoms with Crippen molar-refractivity contribution >= 4 is 18.0 Å². The maximum absolute atomic E-state index is 11.6. The van der Waals surface area contributed by atoms with Crippen molar-refractivity contribution in [1.29, 1.82) is 0 Å². The van der Waals surface area contributed by atoms with Crippen molar-refractivity contribution in [2.45, 2.75) is 44.2 Å². The molecule has 0 atom stereocenters. The Morgan fingerprint density at radius 2 is 2.00 bits per heavy atom. The van der Waals surface area contributed by atoms with Gasteiger partial charge in [-0.1, -0.05) is 25.3 Å². The summed E-state index contributed by atoms with van der Waals surface area (Å²) in [5.41, 5.74) is 2.11. The number of carbonyl (C=O) groups is 2. The van der Waals surface area contributed by atoms with E-state index in [9.17, 15) is 14.7 Å². The molecule has 124 valence electrons. The van der Waals surface area contributed by atoms with Crippen molar-refractivity contribution in [2.75, 3.05) is 0 Å². The van der Waals surface area contributed by atoms with E-state index in [0.717, 1.165) is 24.8 Å². The summed E-state index contributed by atoms with van der Waals surface area (Å²) in [6, 6.07) is 3.56. The summed E-state index contributed by atoms with van der Waals surface area (Å²) in [4.78, 5) is 26.7. The molecule has 1 heterocycles. The van der Waals surface area contributed by atoms with E-state index in [1.165, 1.54) is 17.6 Å². The van der Waals surface area contributed by atoms with Gasteiger partial charge in [-0.05, 0) is 30.5 Å². The molecule has 1 amide bonds. The van der Waals surface area contributed by atoms with Crippen LogP contribution < -0.4 is 10.8 Å². The molecule has 4 N–H and O–H groups in total. The number of amides is 1. The molecule has 0 aromatic carbocycles. The number of nitrogens with zero attached hydrogens (tertiary/aromatic N) is 1. The van der Waals surface area contributed by atoms with Gasteiger partial charge >= 0.3 is 5.97 Å². The Kier molecular flexibility index (Phi) is 5.84. The van der Waals surface area contributed by atoms with E-state index in [-0.39, 0.29) is 0 Å². The van der Waals surface area contributed by atoms with Gasteiger partial charge in [0, 0.05) is 18.8 Å². The largest absolute Gasteiger partial charge is 0.480 e. The van der Waals surface area contributed by atoms with Gasteiger partial charge in [0.15, 0.2) is 0 Å². The van der Waals surface area contributed by atoms with E-state index in [2.05, 4.69) is 10.3 Å². The number of nitrogens with one attached hydrogen (secondary N) is 2. The number of hydrogen-bond acceptors (Lipinski definition) is 5. The highest BCUT2D eigenvalue weighted by atomic mass is 16.5. The number of carboxylic acid groups (broad SMARTS) is 1. The first-order valence-electron chi connectivity index (χ1n) is 7.61. The van der Waals surface area contributed by atoms with Crippen molar-refractivity contribution in [3.05, 3.63) is 35.7 Å². The van der Waals surface area contributed by atoms with E-state index in [0.29, 0.717) is 25.1 Å². The number of hydrogen-bond donors (Lipinski definition) is 4. The lowest BCUT2D eigenvalue weighted by Gasteiger charge is -2.34. The van der Waals surface area contributed by atoms with Crippen molar-refractivity contribution in [3.63, 3.8) is 0 Å². The van der Waals surface area contributed by atoms with Crippen LogP contribution >= 0.6 is 0 Å². The summed E-state index contributed by atoms with van der Waals surface area (Å²) in [6.07, 6.45) is 8.51. The van der Waals surface area contributed by atoms with Crippen LogP contribution in [0, 0.1) is 0 Å². The SMILES string of the molecule is O=C(C=Cc1ccc(CNC2(C(=O)O)CCCCC2)cn1)NO. The fourth-order valence-corrected chi connectivity index (χ4v) is 2.73. The van der Waals surface area contributed by atoms with E-state index >= 15 is 0 Å². The Bertz CT molecular complexity index is 577. The summed E-state index contributed by atoms with van der Waals surface area (Å²) in [6.45, 7) is 0.431. The first-order valence-corrected chi connectivity index (χ1v) is 7.61. The molecule has 1 aliphatic carbocycles. The van der Waals surface area contributed by atoms with Gasteiger partial charge in [-0.2, -0.15) is 0 Å². The zero-order valence-corrected chi connectivity index (χ0v) is 12.8. The van der Waals surface area contributed by atoms with E-state index in [1.807, 2.05) is 6.07 Å². The number of hydroxylamine groups is 1. The molecular weight excluding hydrogens is 298 g/mol. The Balaban J connectivity index is 1.96. The fourth-order valence-electron chi connectivity index (χ4n) is 2.73. The van der Waals surface area contributed by atoms with Gasteiger partial charge in [0.1, 0.15) is 5.54 Å². The summed E-state index contributed by atoms with van der Waals surface area (Å²) in [5.74, 6) is -1.42. The molecule has 0 spiro atoms. The van der Waals surface area contributed by atoms with Crippen LogP contribution in [0.2, 0.25) is 0 Å². The van der Waals surface area contributed by atoms with Crippen LogP contribution in [0.4, 0.5) is 0 Å². The molecule has 1 aromatic heterocycles. The monoisotopic (exact) mass is 319 g/mol. The Morgan fingerprint density at radius 3 is 2.57 bits per heavy atom. The van der Waals surface area contributed by atoms with Crippen molar-refractivity contribution in [2.24, 2.45) is 0 Å². The van der Waals surface area contributed by atoms with Gasteiger partial charge in [-0.15, -0.1) is 0 Å². The zero-order chi connectivity index (χ0) is 16.7. The van der Waals surface area contributed by atoms with Crippen LogP contribution in [0.25, 0.3) is 6.08 Å². The standard InChI is InChI=1S/C16H21N3O4/c20-14(19-23)7-6-13-5-4-12(10-17-13)11-18-16(15(21)22)8-2-1-3-9-16/h4-7,10,18,23H,1-3,8-9,11H2,(H,19,20)(H,21,22). The van der Waals surface area contributed by atoms with Crippen LogP contribution in [0.1, 0.15) is 43.4 Å². The molecule has 0 bridgehead atoms. The maximum atomic E-state index is 11.6. The number of rotatable bonds is 6. The number of carbonyl (C=O) groups excluding carboxylic acids is 1. The third-order valence-electron chi connectivity index (χ3n) is 4.11. The van der Waals surface area contributed by atoms with E-state index in [4.69, 9.17) is 5.21 Å². The molecule has 1 aromatic rings. The van der Waals surface area contributed by atoms with Crippen LogP contribution in [-0.4, -0.2) is 32.7 Å². The summed E-state index contributed by atoms with van der Waals surface area (Å²) >= 11 is 0. The van der Waals surface area contributed by atoms with Crippen LogP contribution in [0.15, 0.2) is 24.4 Å². The molecule has 7 heteroatoms. The number of aromatic nitrogens is 1. The van der Waals surface area contributed by atoms with Crippen molar-refractivity contribution in [1.82, 2.24) is 15.8 Å². The molecule has 1 saturated carbocycles. The molecule has 0 saturated heterocycles. The quantitative estimate of drug-likeness (QED) is 0.359. The molecule has 23 heavy (non-hydrogen) atoms. The third kappa shape index (κ3) is 4.61. The van der Waals surface area contributed by atoms with Gasteiger partial charge in [-0.25, -0.2) is 5.48 Å². The summed E-state index contributed by atoms with van der Waals surface area (Å²) in [7, 11) is 0. The van der Waals surface area contributed by atoms with Gasteiger partial charge < -0.3 is 5.11 Å². The molecule has 7 nitrogen and oxygen atoms in total. The Morgan fingerprint density at radius 1 is 1.26 bits per heavy atom. The smallest absolute Gasteiger partial charge is 0.323 e. The minimum atomic E-state index is -0.837. The summed E-state index contributed by atoms with van der Waals surface area (Å²) in [5, 5.41) is 21.1. The Hall–Kier alpha value is -2.25. The summed E-state index contributed by atoms with van der Waals surface area (Å²) < 4.78 is 0. The highest BCUT2D eigenvalue weighted by Crippen LogP contribution is 2.28. The van der Waals surface area contributed by atoms with Gasteiger partial charge in [0.05, 0.1) is 5.69 Å². The maximum Gasteiger partial charge on any atom is 0.323 e. The third-order valence-corrected chi connectivity index (χ3v) is 4.11. The van der Waals surface area contributed by atoms with Crippen molar-refractivity contribution < 1.29 is 19.9 Å². The fraction of sp³-hybridized carbons (Fsp3) is 0.438. The molecule has 0 aliphatic heterocycles. The predicted octanol–water partition coefficient (Wildman–Crippen LogP) is 1.48. The molecule has 1 aliphatic rings. The molecular formula is C16H21N3O4. The minimum Gasteiger partial charge on any atom is -0.480 e. The molecule has 1 fully saturated rings. The molecule has 0 radical (unpaired) electrons. The first-order chi connectivity index (χ1) is 11.1. The second-order valence-electron chi connectivity index (χ2n) is 5.70. The second-order valence-corrected chi connectivity index (χ2v) is 5.70. The van der Waals surface area contributed by atoms with Crippen LogP contribution in [0.5, 0.6) is 0 Å². The van der Waals surface area contributed by atoms with Gasteiger partial charge in [-0.3, -0.25) is 25.1 Å². The second kappa shape index (κ2) is 7.85. The van der Waals surface area contributed by atoms with E-state index in [1.54, 1.807) is 12.3 Å². The predicted molar refractivity (Wildman–Crippen MR) is 83.5 cm³/mol. The van der Waals surface area contributed by atoms with Crippen LogP contribution in [-0.2, 0) is 16.1 Å². The topological polar surface area (TPSA) is 112 Å². The normalized spacial score (nSPS) is 17.1. The first kappa shape index (κ1) is 17.1. The average molecular weight is 319 g/mol. The van der Waals surface area contributed by atoms with Gasteiger partial charge in [0.25, 0.3) is 5.91 Å². The molecule has 0 unspecified atom stereocenters.